The Balaban J connectivity index is 1.61. The fraction of sp³-hybridized carbons (Fsp3) is 0.143. The minimum Gasteiger partial charge on any atom is -0.351 e. The van der Waals surface area contributed by atoms with Crippen LogP contribution in [0.15, 0.2) is 46.7 Å². The summed E-state index contributed by atoms with van der Waals surface area (Å²) < 4.78 is 12.8. The van der Waals surface area contributed by atoms with Gasteiger partial charge < -0.3 is 5.32 Å². The van der Waals surface area contributed by atoms with Crippen LogP contribution in [-0.2, 0) is 11.3 Å². The highest BCUT2D eigenvalue weighted by molar-refractivity contribution is 8.01. The van der Waals surface area contributed by atoms with Crippen molar-refractivity contribution < 1.29 is 9.18 Å². The zero-order chi connectivity index (χ0) is 14.7. The van der Waals surface area contributed by atoms with Gasteiger partial charge in [-0.1, -0.05) is 12.1 Å². The minimum atomic E-state index is -0.413. The summed E-state index contributed by atoms with van der Waals surface area (Å²) in [5.41, 5.74) is 0.839. The first-order chi connectivity index (χ1) is 10.2. The molecule has 0 fully saturated rings. The Hall–Kier alpha value is -2.28. The molecule has 106 valence electrons. The van der Waals surface area contributed by atoms with Crippen molar-refractivity contribution in [3.63, 3.8) is 0 Å². The monoisotopic (exact) mass is 302 g/mol. The van der Waals surface area contributed by atoms with E-state index in [1.807, 2.05) is 0 Å². The quantitative estimate of drug-likeness (QED) is 0.943. The number of aliphatic imine (C=N–C) groups is 1. The Labute approximate surface area is 124 Å². The third-order valence-electron chi connectivity index (χ3n) is 2.88. The van der Waals surface area contributed by atoms with E-state index in [9.17, 15) is 9.18 Å². The second kappa shape index (κ2) is 6.01. The zero-order valence-electron chi connectivity index (χ0n) is 10.9. The summed E-state index contributed by atoms with van der Waals surface area (Å²) in [6, 6.07) is 6.01. The summed E-state index contributed by atoms with van der Waals surface area (Å²) in [4.78, 5) is 25.0. The van der Waals surface area contributed by atoms with E-state index in [-0.39, 0.29) is 11.7 Å². The van der Waals surface area contributed by atoms with Crippen LogP contribution in [0.25, 0.3) is 0 Å². The number of thioether (sulfide) groups is 1. The number of hydrogen-bond acceptors (Lipinski definition) is 5. The number of amides is 1. The second-order valence-electron chi connectivity index (χ2n) is 4.37. The topological polar surface area (TPSA) is 67.2 Å². The lowest BCUT2D eigenvalue weighted by atomic mass is 10.2. The van der Waals surface area contributed by atoms with Crippen LogP contribution in [0.5, 0.6) is 0 Å². The number of hydrogen-bond donors (Lipinski definition) is 1. The lowest BCUT2D eigenvalue weighted by molar-refractivity contribution is -0.119. The van der Waals surface area contributed by atoms with Crippen molar-refractivity contribution in [2.45, 2.75) is 16.7 Å². The van der Waals surface area contributed by atoms with E-state index in [2.05, 4.69) is 20.3 Å². The molecular formula is C14H11FN4OS. The summed E-state index contributed by atoms with van der Waals surface area (Å²) in [5, 5.41) is 2.39. The van der Waals surface area contributed by atoms with Gasteiger partial charge in [0.05, 0.1) is 4.90 Å². The smallest absolute Gasteiger partial charge is 0.239 e. The van der Waals surface area contributed by atoms with Crippen molar-refractivity contribution in [2.75, 3.05) is 0 Å². The number of nitrogens with one attached hydrogen (secondary N) is 1. The van der Waals surface area contributed by atoms with Gasteiger partial charge in [-0.15, -0.1) is 11.8 Å². The molecule has 1 aliphatic heterocycles. The van der Waals surface area contributed by atoms with E-state index in [1.54, 1.807) is 24.5 Å². The highest BCUT2D eigenvalue weighted by Gasteiger charge is 2.23. The Kier molecular flexibility index (Phi) is 3.92. The number of carbonyl (C=O) groups excluding carboxylic acids is 1. The maximum atomic E-state index is 12.8. The summed E-state index contributed by atoms with van der Waals surface area (Å²) in [5.74, 6) is 0.136. The molecule has 1 aromatic carbocycles. The molecule has 2 aromatic rings. The summed E-state index contributed by atoms with van der Waals surface area (Å²) in [6.45, 7) is 0.349. The van der Waals surface area contributed by atoms with Gasteiger partial charge in [0.25, 0.3) is 0 Å². The minimum absolute atomic E-state index is 0.150. The van der Waals surface area contributed by atoms with E-state index in [4.69, 9.17) is 0 Å². The highest BCUT2D eigenvalue weighted by Crippen LogP contribution is 2.33. The second-order valence-corrected chi connectivity index (χ2v) is 5.55. The summed E-state index contributed by atoms with van der Waals surface area (Å²) >= 11 is 1.36. The fourth-order valence-corrected chi connectivity index (χ4v) is 2.73. The van der Waals surface area contributed by atoms with Crippen LogP contribution in [0, 0.1) is 5.82 Å². The fourth-order valence-electron chi connectivity index (χ4n) is 1.81. The molecule has 0 aliphatic carbocycles. The van der Waals surface area contributed by atoms with Gasteiger partial charge in [0, 0.05) is 19.0 Å². The summed E-state index contributed by atoms with van der Waals surface area (Å²) in [7, 11) is 0. The standard InChI is InChI=1S/C14H11FN4OS/c15-10-3-1-9(2-4-10)5-18-14(20)12-7-17-13-11(21-12)6-16-8-19-13/h1-4,6-8,12H,5H2,(H,18,20). The molecule has 1 atom stereocenters. The number of rotatable bonds is 3. The number of fused-ring (bicyclic) bond motifs is 1. The van der Waals surface area contributed by atoms with Crippen LogP contribution >= 0.6 is 11.8 Å². The first kappa shape index (κ1) is 13.7. The van der Waals surface area contributed by atoms with Crippen LogP contribution < -0.4 is 5.32 Å². The average Bonchev–Trinajstić information content (AvgIpc) is 2.53. The lowest BCUT2D eigenvalue weighted by Gasteiger charge is -2.16. The molecule has 1 aliphatic rings. The number of aromatic nitrogens is 2. The number of halogens is 1. The van der Waals surface area contributed by atoms with E-state index >= 15 is 0 Å². The van der Waals surface area contributed by atoms with Gasteiger partial charge in [-0.05, 0) is 17.7 Å². The molecule has 7 heteroatoms. The Morgan fingerprint density at radius 3 is 2.95 bits per heavy atom. The van der Waals surface area contributed by atoms with Crippen LogP contribution in [0.2, 0.25) is 0 Å². The van der Waals surface area contributed by atoms with Crippen LogP contribution in [-0.4, -0.2) is 27.3 Å². The molecule has 0 saturated heterocycles. The maximum absolute atomic E-state index is 12.8. The van der Waals surface area contributed by atoms with Crippen LogP contribution in [0.4, 0.5) is 10.2 Å². The van der Waals surface area contributed by atoms with Gasteiger partial charge in [0.15, 0.2) is 5.82 Å². The number of carbonyl (C=O) groups is 1. The molecular weight excluding hydrogens is 291 g/mol. The molecule has 0 spiro atoms. The molecule has 2 heterocycles. The molecule has 0 bridgehead atoms. The van der Waals surface area contributed by atoms with Crippen LogP contribution in [0.1, 0.15) is 5.56 Å². The van der Waals surface area contributed by atoms with Gasteiger partial charge in [0.2, 0.25) is 5.91 Å². The summed E-state index contributed by atoms with van der Waals surface area (Å²) in [6.07, 6.45) is 4.63. The van der Waals surface area contributed by atoms with Gasteiger partial charge >= 0.3 is 0 Å². The molecule has 0 radical (unpaired) electrons. The largest absolute Gasteiger partial charge is 0.351 e. The van der Waals surface area contributed by atoms with E-state index in [0.717, 1.165) is 10.5 Å². The first-order valence-electron chi connectivity index (χ1n) is 6.25. The van der Waals surface area contributed by atoms with Gasteiger partial charge in [0.1, 0.15) is 17.4 Å². The Morgan fingerprint density at radius 2 is 2.14 bits per heavy atom. The molecule has 1 N–H and O–H groups in total. The maximum Gasteiger partial charge on any atom is 0.239 e. The Morgan fingerprint density at radius 1 is 1.33 bits per heavy atom. The van der Waals surface area contributed by atoms with Crippen molar-refractivity contribution in [3.8, 4) is 0 Å². The average molecular weight is 302 g/mol. The van der Waals surface area contributed by atoms with Gasteiger partial charge in [-0.25, -0.2) is 19.4 Å². The molecule has 1 unspecified atom stereocenters. The van der Waals surface area contributed by atoms with E-state index in [1.165, 1.54) is 30.2 Å². The van der Waals surface area contributed by atoms with Crippen LogP contribution in [0.3, 0.4) is 0 Å². The van der Waals surface area contributed by atoms with Crippen molar-refractivity contribution >= 4 is 29.7 Å². The molecule has 1 amide bonds. The van der Waals surface area contributed by atoms with Crippen molar-refractivity contribution in [3.05, 3.63) is 48.2 Å². The van der Waals surface area contributed by atoms with E-state index in [0.29, 0.717) is 12.4 Å². The predicted molar refractivity (Wildman–Crippen MR) is 78.1 cm³/mol. The highest BCUT2D eigenvalue weighted by atomic mass is 32.2. The van der Waals surface area contributed by atoms with Gasteiger partial charge in [-0.2, -0.15) is 0 Å². The predicted octanol–water partition coefficient (Wildman–Crippen LogP) is 2.11. The zero-order valence-corrected chi connectivity index (χ0v) is 11.7. The van der Waals surface area contributed by atoms with Gasteiger partial charge in [-0.3, -0.25) is 4.79 Å². The molecule has 5 nitrogen and oxygen atoms in total. The third-order valence-corrected chi connectivity index (χ3v) is 4.02. The van der Waals surface area contributed by atoms with Crippen molar-refractivity contribution in [1.29, 1.82) is 0 Å². The normalized spacial score (nSPS) is 16.3. The number of nitrogens with zero attached hydrogens (tertiary/aromatic N) is 3. The van der Waals surface area contributed by atoms with Crippen molar-refractivity contribution in [1.82, 2.24) is 15.3 Å². The van der Waals surface area contributed by atoms with E-state index < -0.39 is 5.25 Å². The van der Waals surface area contributed by atoms with Crippen molar-refractivity contribution in [2.24, 2.45) is 4.99 Å². The lowest BCUT2D eigenvalue weighted by Crippen LogP contribution is -2.33. The molecule has 1 aromatic heterocycles. The molecule has 21 heavy (non-hydrogen) atoms. The first-order valence-corrected chi connectivity index (χ1v) is 7.13. The molecule has 0 saturated carbocycles. The SMILES string of the molecule is O=C(NCc1ccc(F)cc1)C1C=Nc2ncncc2S1. The molecule has 3 rings (SSSR count). The third kappa shape index (κ3) is 3.25. The Bertz CT molecular complexity index is 690. The number of benzene rings is 1.